The number of methoxy groups -OCH3 is 1. The van der Waals surface area contributed by atoms with Gasteiger partial charge in [0.05, 0.1) is 12.8 Å². The number of aryl methyl sites for hydroxylation is 1. The maximum absolute atomic E-state index is 12.2. The molecule has 0 unspecified atom stereocenters. The fourth-order valence-corrected chi connectivity index (χ4v) is 2.97. The molecule has 3 rings (SSSR count). The van der Waals surface area contributed by atoms with Crippen LogP contribution in [0.25, 0.3) is 0 Å². The summed E-state index contributed by atoms with van der Waals surface area (Å²) in [6, 6.07) is 7.36. The second-order valence-electron chi connectivity index (χ2n) is 5.66. The smallest absolute Gasteiger partial charge is 0.272 e. The minimum absolute atomic E-state index is 0.0724. The number of rotatable bonds is 4. The van der Waals surface area contributed by atoms with Gasteiger partial charge in [0.1, 0.15) is 11.4 Å². The fraction of sp³-hybridized carbons (Fsp3) is 0.375. The molecule has 1 amide bonds. The Bertz CT molecular complexity index is 716. The van der Waals surface area contributed by atoms with Crippen molar-refractivity contribution in [3.63, 3.8) is 0 Å². The van der Waals surface area contributed by atoms with Gasteiger partial charge in [-0.1, -0.05) is 11.6 Å². The lowest BCUT2D eigenvalue weighted by Crippen LogP contribution is -2.37. The number of aromatic nitrogens is 2. The van der Waals surface area contributed by atoms with E-state index in [1.165, 1.54) is 0 Å². The van der Waals surface area contributed by atoms with Crippen molar-refractivity contribution >= 4 is 23.2 Å². The van der Waals surface area contributed by atoms with Crippen molar-refractivity contribution in [3.8, 4) is 5.75 Å². The molecule has 6 nitrogen and oxygen atoms in total. The van der Waals surface area contributed by atoms with Crippen molar-refractivity contribution in [1.82, 2.24) is 15.5 Å². The van der Waals surface area contributed by atoms with Crippen LogP contribution in [0.1, 0.15) is 22.6 Å². The van der Waals surface area contributed by atoms with Crippen molar-refractivity contribution in [2.24, 2.45) is 0 Å². The number of nitrogens with zero attached hydrogens (tertiary/aromatic N) is 2. The number of carbonyl (C=O) groups excluding carboxylic acids is 1. The van der Waals surface area contributed by atoms with Crippen LogP contribution in [0.5, 0.6) is 5.75 Å². The van der Waals surface area contributed by atoms with Gasteiger partial charge in [0, 0.05) is 29.8 Å². The van der Waals surface area contributed by atoms with Gasteiger partial charge in [-0.2, -0.15) is 5.10 Å². The van der Waals surface area contributed by atoms with Crippen LogP contribution in [-0.2, 0) is 0 Å². The molecule has 2 N–H and O–H groups in total. The third-order valence-corrected chi connectivity index (χ3v) is 4.18. The number of hydrogen-bond donors (Lipinski definition) is 2. The molecule has 2 aromatic rings. The first-order chi connectivity index (χ1) is 11.1. The van der Waals surface area contributed by atoms with Crippen LogP contribution < -0.4 is 15.0 Å². The molecule has 0 saturated carbocycles. The van der Waals surface area contributed by atoms with Gasteiger partial charge >= 0.3 is 0 Å². The minimum Gasteiger partial charge on any atom is -0.495 e. The van der Waals surface area contributed by atoms with Crippen molar-refractivity contribution in [2.75, 3.05) is 25.1 Å². The number of H-pyrrole nitrogens is 1. The number of benzene rings is 1. The first-order valence-electron chi connectivity index (χ1n) is 7.48. The lowest BCUT2D eigenvalue weighted by Gasteiger charge is -2.21. The zero-order valence-electron chi connectivity index (χ0n) is 13.1. The van der Waals surface area contributed by atoms with Gasteiger partial charge < -0.3 is 15.0 Å². The minimum atomic E-state index is -0.153. The molecule has 122 valence electrons. The number of carbonyl (C=O) groups is 1. The lowest BCUT2D eigenvalue weighted by atomic mass is 10.2. The highest BCUT2D eigenvalue weighted by Crippen LogP contribution is 2.33. The SMILES string of the molecule is COc1ccc(Cl)cc1N1CC[C@H](NC(=O)c2cc(C)[nH]n2)C1. The van der Waals surface area contributed by atoms with E-state index in [0.29, 0.717) is 17.3 Å². The molecule has 1 aliphatic rings. The van der Waals surface area contributed by atoms with Crippen LogP contribution in [0.4, 0.5) is 5.69 Å². The van der Waals surface area contributed by atoms with Crippen molar-refractivity contribution in [3.05, 3.63) is 40.7 Å². The Balaban J connectivity index is 1.67. The summed E-state index contributed by atoms with van der Waals surface area (Å²) in [7, 11) is 1.64. The number of halogens is 1. The predicted octanol–water partition coefficient (Wildman–Crippen LogP) is 2.39. The summed E-state index contributed by atoms with van der Waals surface area (Å²) < 4.78 is 5.40. The summed E-state index contributed by atoms with van der Waals surface area (Å²) in [4.78, 5) is 14.3. The normalized spacial score (nSPS) is 17.3. The van der Waals surface area contributed by atoms with Crippen LogP contribution in [0, 0.1) is 6.92 Å². The van der Waals surface area contributed by atoms with Crippen LogP contribution >= 0.6 is 11.6 Å². The number of ether oxygens (including phenoxy) is 1. The van der Waals surface area contributed by atoms with Gasteiger partial charge in [-0.25, -0.2) is 0 Å². The summed E-state index contributed by atoms with van der Waals surface area (Å²) >= 11 is 6.09. The summed E-state index contributed by atoms with van der Waals surface area (Å²) in [5.74, 6) is 0.628. The third kappa shape index (κ3) is 3.42. The predicted molar refractivity (Wildman–Crippen MR) is 89.4 cm³/mol. The van der Waals surface area contributed by atoms with Gasteiger partial charge in [-0.05, 0) is 37.6 Å². The Morgan fingerprint density at radius 3 is 3.00 bits per heavy atom. The van der Waals surface area contributed by atoms with E-state index >= 15 is 0 Å². The Kier molecular flexibility index (Phi) is 4.43. The standard InChI is InChI=1S/C16H19ClN4O2/c1-10-7-13(20-19-10)16(22)18-12-5-6-21(9-12)14-8-11(17)3-4-15(14)23-2/h3-4,7-8,12H,5-6,9H2,1-2H3,(H,18,22)(H,19,20)/t12-/m0/s1. The Labute approximate surface area is 139 Å². The average molecular weight is 335 g/mol. The number of aromatic amines is 1. The highest BCUT2D eigenvalue weighted by atomic mass is 35.5. The van der Waals surface area contributed by atoms with Crippen molar-refractivity contribution in [1.29, 1.82) is 0 Å². The number of amides is 1. The van der Waals surface area contributed by atoms with E-state index in [2.05, 4.69) is 20.4 Å². The van der Waals surface area contributed by atoms with E-state index in [0.717, 1.165) is 30.1 Å². The van der Waals surface area contributed by atoms with E-state index in [4.69, 9.17) is 16.3 Å². The van der Waals surface area contributed by atoms with Crippen molar-refractivity contribution < 1.29 is 9.53 Å². The van der Waals surface area contributed by atoms with E-state index in [9.17, 15) is 4.79 Å². The second kappa shape index (κ2) is 6.50. The highest BCUT2D eigenvalue weighted by Gasteiger charge is 2.26. The topological polar surface area (TPSA) is 70.2 Å². The zero-order chi connectivity index (χ0) is 16.4. The summed E-state index contributed by atoms with van der Waals surface area (Å²) in [5, 5.41) is 10.5. The number of anilines is 1. The van der Waals surface area contributed by atoms with Crippen LogP contribution in [-0.4, -0.2) is 42.3 Å². The second-order valence-corrected chi connectivity index (χ2v) is 6.09. The molecule has 23 heavy (non-hydrogen) atoms. The van der Waals surface area contributed by atoms with Gasteiger partial charge in [0.15, 0.2) is 0 Å². The first-order valence-corrected chi connectivity index (χ1v) is 7.86. The summed E-state index contributed by atoms with van der Waals surface area (Å²) in [6.45, 7) is 3.42. The quantitative estimate of drug-likeness (QED) is 0.900. The number of nitrogens with one attached hydrogen (secondary N) is 2. The molecule has 0 aliphatic carbocycles. The monoisotopic (exact) mass is 334 g/mol. The van der Waals surface area contributed by atoms with Crippen LogP contribution in [0.15, 0.2) is 24.3 Å². The Morgan fingerprint density at radius 1 is 1.48 bits per heavy atom. The average Bonchev–Trinajstić information content (AvgIpc) is 3.16. The maximum atomic E-state index is 12.2. The molecule has 0 bridgehead atoms. The van der Waals surface area contributed by atoms with E-state index < -0.39 is 0 Å². The Morgan fingerprint density at radius 2 is 2.30 bits per heavy atom. The van der Waals surface area contributed by atoms with Crippen LogP contribution in [0.2, 0.25) is 5.02 Å². The number of hydrogen-bond acceptors (Lipinski definition) is 4. The van der Waals surface area contributed by atoms with E-state index in [1.54, 1.807) is 19.2 Å². The first kappa shape index (κ1) is 15.7. The molecule has 1 saturated heterocycles. The lowest BCUT2D eigenvalue weighted by molar-refractivity contribution is 0.0935. The fourth-order valence-electron chi connectivity index (χ4n) is 2.80. The molecule has 1 fully saturated rings. The molecule has 1 aromatic carbocycles. The van der Waals surface area contributed by atoms with Gasteiger partial charge in [0.2, 0.25) is 0 Å². The zero-order valence-corrected chi connectivity index (χ0v) is 13.9. The van der Waals surface area contributed by atoms with E-state index in [1.807, 2.05) is 19.1 Å². The molecule has 0 spiro atoms. The Hall–Kier alpha value is -2.21. The molecule has 0 radical (unpaired) electrons. The maximum Gasteiger partial charge on any atom is 0.272 e. The van der Waals surface area contributed by atoms with E-state index in [-0.39, 0.29) is 11.9 Å². The molecule has 1 aliphatic heterocycles. The van der Waals surface area contributed by atoms with Crippen LogP contribution in [0.3, 0.4) is 0 Å². The third-order valence-electron chi connectivity index (χ3n) is 3.94. The molecule has 1 atom stereocenters. The van der Waals surface area contributed by atoms with Crippen molar-refractivity contribution in [2.45, 2.75) is 19.4 Å². The molecular formula is C16H19ClN4O2. The van der Waals surface area contributed by atoms with Gasteiger partial charge in [-0.15, -0.1) is 0 Å². The molecule has 1 aromatic heterocycles. The van der Waals surface area contributed by atoms with Gasteiger partial charge in [-0.3, -0.25) is 9.89 Å². The summed E-state index contributed by atoms with van der Waals surface area (Å²) in [6.07, 6.45) is 0.866. The summed E-state index contributed by atoms with van der Waals surface area (Å²) in [5.41, 5.74) is 2.24. The highest BCUT2D eigenvalue weighted by molar-refractivity contribution is 6.30. The molecule has 7 heteroatoms. The molecular weight excluding hydrogens is 316 g/mol. The molecule has 2 heterocycles. The van der Waals surface area contributed by atoms with Gasteiger partial charge in [0.25, 0.3) is 5.91 Å². The largest absolute Gasteiger partial charge is 0.495 e.